The molecule has 4 nitrogen and oxygen atoms in total. The van der Waals surface area contributed by atoms with Gasteiger partial charge in [0.2, 0.25) is 0 Å². The van der Waals surface area contributed by atoms with Crippen molar-refractivity contribution in [2.45, 2.75) is 12.8 Å². The summed E-state index contributed by atoms with van der Waals surface area (Å²) < 4.78 is 0. The van der Waals surface area contributed by atoms with Crippen molar-refractivity contribution in [3.8, 4) is 6.07 Å². The van der Waals surface area contributed by atoms with Gasteiger partial charge in [-0.05, 0) is 0 Å². The fourth-order valence-corrected chi connectivity index (χ4v) is 2.90. The molecule has 2 aromatic rings. The monoisotopic (exact) mass is 284 g/mol. The molecule has 2 aromatic heterocycles. The second-order valence-electron chi connectivity index (χ2n) is 3.40. The van der Waals surface area contributed by atoms with E-state index in [9.17, 15) is 0 Å². The lowest BCUT2D eigenvalue weighted by atomic mass is 10.2. The zero-order chi connectivity index (χ0) is 12.3. The van der Waals surface area contributed by atoms with E-state index in [-0.39, 0.29) is 5.15 Å². The highest BCUT2D eigenvalue weighted by Gasteiger charge is 2.11. The molecule has 0 fully saturated rings. The summed E-state index contributed by atoms with van der Waals surface area (Å²) in [5, 5.41) is 15.9. The van der Waals surface area contributed by atoms with Gasteiger partial charge >= 0.3 is 0 Å². The first kappa shape index (κ1) is 12.3. The molecule has 0 saturated heterocycles. The number of nitrogens with zero attached hydrogens (tertiary/aromatic N) is 3. The minimum Gasteiger partial charge on any atom is -0.361 e. The van der Waals surface area contributed by atoms with E-state index < -0.39 is 0 Å². The van der Waals surface area contributed by atoms with E-state index in [0.29, 0.717) is 15.9 Å². The standard InChI is InChI=1S/C10H9ClN4S2/c1-6(9-13-2-3-16-9)5-14-10-15-8(11)7(4-12)17-10/h2-3,6H,5H2,1H3,(H,14,15). The largest absolute Gasteiger partial charge is 0.361 e. The Kier molecular flexibility index (Phi) is 3.94. The number of hydrogen-bond acceptors (Lipinski definition) is 6. The molecule has 1 unspecified atom stereocenters. The van der Waals surface area contributed by atoms with Crippen molar-refractivity contribution in [1.82, 2.24) is 9.97 Å². The van der Waals surface area contributed by atoms with Crippen LogP contribution in [0, 0.1) is 11.3 Å². The zero-order valence-corrected chi connectivity index (χ0v) is 11.4. The summed E-state index contributed by atoms with van der Waals surface area (Å²) in [7, 11) is 0. The van der Waals surface area contributed by atoms with Gasteiger partial charge in [-0.1, -0.05) is 29.9 Å². The predicted octanol–water partition coefficient (Wildman–Crippen LogP) is 3.34. The van der Waals surface area contributed by atoms with Crippen molar-refractivity contribution in [1.29, 1.82) is 5.26 Å². The third-order valence-corrected chi connectivity index (χ3v) is 4.43. The average molecular weight is 285 g/mol. The van der Waals surface area contributed by atoms with Crippen molar-refractivity contribution < 1.29 is 0 Å². The minimum absolute atomic E-state index is 0.266. The lowest BCUT2D eigenvalue weighted by Crippen LogP contribution is -2.09. The van der Waals surface area contributed by atoms with Crippen LogP contribution >= 0.6 is 34.3 Å². The van der Waals surface area contributed by atoms with E-state index in [1.54, 1.807) is 17.5 Å². The number of rotatable bonds is 4. The molecule has 0 aliphatic heterocycles. The highest BCUT2D eigenvalue weighted by Crippen LogP contribution is 2.26. The van der Waals surface area contributed by atoms with Gasteiger partial charge in [0, 0.05) is 24.0 Å². The maximum absolute atomic E-state index is 8.76. The zero-order valence-electron chi connectivity index (χ0n) is 8.98. The summed E-state index contributed by atoms with van der Waals surface area (Å²) in [6.07, 6.45) is 1.80. The summed E-state index contributed by atoms with van der Waals surface area (Å²) >= 11 is 8.69. The van der Waals surface area contributed by atoms with E-state index in [1.165, 1.54) is 11.3 Å². The molecule has 2 rings (SSSR count). The van der Waals surface area contributed by atoms with E-state index >= 15 is 0 Å². The van der Waals surface area contributed by atoms with Gasteiger partial charge in [-0.25, -0.2) is 9.97 Å². The predicted molar refractivity (Wildman–Crippen MR) is 70.9 cm³/mol. The molecule has 0 bridgehead atoms. The molecule has 1 atom stereocenters. The topological polar surface area (TPSA) is 61.6 Å². The summed E-state index contributed by atoms with van der Waals surface area (Å²) in [5.41, 5.74) is 0. The molecular formula is C10H9ClN4S2. The molecule has 88 valence electrons. The Balaban J connectivity index is 1.96. The molecule has 17 heavy (non-hydrogen) atoms. The summed E-state index contributed by atoms with van der Waals surface area (Å²) in [4.78, 5) is 8.76. The molecule has 0 spiro atoms. The summed E-state index contributed by atoms with van der Waals surface area (Å²) in [6, 6.07) is 2.00. The Morgan fingerprint density at radius 2 is 2.47 bits per heavy atom. The molecule has 0 saturated carbocycles. The van der Waals surface area contributed by atoms with Gasteiger partial charge in [0.15, 0.2) is 10.3 Å². The molecule has 0 amide bonds. The number of anilines is 1. The van der Waals surface area contributed by atoms with Crippen LogP contribution in [0.25, 0.3) is 0 Å². The number of thiazole rings is 2. The Morgan fingerprint density at radius 3 is 3.06 bits per heavy atom. The normalized spacial score (nSPS) is 12.1. The van der Waals surface area contributed by atoms with E-state index in [1.807, 2.05) is 11.4 Å². The number of nitriles is 1. The first-order valence-corrected chi connectivity index (χ1v) is 6.97. The summed E-state index contributed by atoms with van der Waals surface area (Å²) in [5.74, 6) is 0.309. The van der Waals surface area contributed by atoms with E-state index in [2.05, 4.69) is 22.2 Å². The van der Waals surface area contributed by atoms with Crippen LogP contribution < -0.4 is 5.32 Å². The van der Waals surface area contributed by atoms with E-state index in [0.717, 1.165) is 11.6 Å². The molecule has 1 N–H and O–H groups in total. The Bertz CT molecular complexity index is 529. The van der Waals surface area contributed by atoms with Crippen molar-refractivity contribution >= 4 is 39.4 Å². The quantitative estimate of drug-likeness (QED) is 0.935. The number of halogens is 1. The van der Waals surface area contributed by atoms with Crippen LogP contribution in [0.1, 0.15) is 22.7 Å². The number of nitrogens with one attached hydrogen (secondary N) is 1. The average Bonchev–Trinajstić information content (AvgIpc) is 2.95. The molecule has 0 aliphatic carbocycles. The van der Waals surface area contributed by atoms with Gasteiger partial charge in [0.1, 0.15) is 10.9 Å². The number of aromatic nitrogens is 2. The molecule has 7 heteroatoms. The molecule has 0 radical (unpaired) electrons. The molecule has 0 aromatic carbocycles. The lowest BCUT2D eigenvalue weighted by Gasteiger charge is -2.08. The van der Waals surface area contributed by atoms with E-state index in [4.69, 9.17) is 16.9 Å². The Morgan fingerprint density at radius 1 is 1.65 bits per heavy atom. The van der Waals surface area contributed by atoms with Crippen LogP contribution in [0.2, 0.25) is 5.15 Å². The second kappa shape index (κ2) is 5.45. The fraction of sp³-hybridized carbons (Fsp3) is 0.300. The molecule has 2 heterocycles. The second-order valence-corrected chi connectivity index (χ2v) is 5.69. The SMILES string of the molecule is CC(CNc1nc(Cl)c(C#N)s1)c1nccs1. The van der Waals surface area contributed by atoms with Crippen molar-refractivity contribution in [3.63, 3.8) is 0 Å². The van der Waals surface area contributed by atoms with Crippen molar-refractivity contribution in [3.05, 3.63) is 26.6 Å². The van der Waals surface area contributed by atoms with Gasteiger partial charge in [-0.2, -0.15) is 5.26 Å². The van der Waals surface area contributed by atoms with Gasteiger partial charge in [-0.15, -0.1) is 11.3 Å². The number of hydrogen-bond donors (Lipinski definition) is 1. The highest BCUT2D eigenvalue weighted by atomic mass is 35.5. The third kappa shape index (κ3) is 2.94. The van der Waals surface area contributed by atoms with Crippen LogP contribution in [0.15, 0.2) is 11.6 Å². The maximum atomic E-state index is 8.76. The van der Waals surface area contributed by atoms with Gasteiger partial charge in [0.05, 0.1) is 5.01 Å². The first-order chi connectivity index (χ1) is 8.20. The van der Waals surface area contributed by atoms with Crippen LogP contribution in [-0.4, -0.2) is 16.5 Å². The molecule has 0 aliphatic rings. The van der Waals surface area contributed by atoms with Crippen LogP contribution in [0.5, 0.6) is 0 Å². The minimum atomic E-state index is 0.266. The van der Waals surface area contributed by atoms with Crippen molar-refractivity contribution in [2.24, 2.45) is 0 Å². The Hall–Kier alpha value is -1.16. The smallest absolute Gasteiger partial charge is 0.185 e. The third-order valence-electron chi connectivity index (χ3n) is 2.12. The fourth-order valence-electron chi connectivity index (χ4n) is 1.25. The van der Waals surface area contributed by atoms with Gasteiger partial charge in [-0.3, -0.25) is 0 Å². The van der Waals surface area contributed by atoms with Gasteiger partial charge in [0.25, 0.3) is 0 Å². The Labute approximate surface area is 112 Å². The van der Waals surface area contributed by atoms with Gasteiger partial charge < -0.3 is 5.32 Å². The van der Waals surface area contributed by atoms with Crippen molar-refractivity contribution in [2.75, 3.05) is 11.9 Å². The summed E-state index contributed by atoms with van der Waals surface area (Å²) in [6.45, 7) is 2.81. The van der Waals surface area contributed by atoms with Crippen LogP contribution in [0.3, 0.4) is 0 Å². The molecular weight excluding hydrogens is 276 g/mol. The first-order valence-electron chi connectivity index (χ1n) is 4.90. The highest BCUT2D eigenvalue weighted by molar-refractivity contribution is 7.16. The maximum Gasteiger partial charge on any atom is 0.185 e. The van der Waals surface area contributed by atoms with Crippen LogP contribution in [-0.2, 0) is 0 Å². The van der Waals surface area contributed by atoms with Crippen LogP contribution in [0.4, 0.5) is 5.13 Å². The lowest BCUT2D eigenvalue weighted by molar-refractivity contribution is 0.794.